The molecule has 0 radical (unpaired) electrons. The first kappa shape index (κ1) is 21.8. The van der Waals surface area contributed by atoms with Crippen LogP contribution in [-0.2, 0) is 22.2 Å². The van der Waals surface area contributed by atoms with Crippen molar-refractivity contribution in [2.45, 2.75) is 19.0 Å². The number of nitrogens with zero attached hydrogens (tertiary/aromatic N) is 2. The summed E-state index contributed by atoms with van der Waals surface area (Å²) in [7, 11) is 0. The molecule has 0 aliphatic carbocycles. The predicted molar refractivity (Wildman–Crippen MR) is 108 cm³/mol. The maximum Gasteiger partial charge on any atom is 0.418 e. The van der Waals surface area contributed by atoms with Gasteiger partial charge in [-0.1, -0.05) is 42.5 Å². The van der Waals surface area contributed by atoms with Crippen molar-refractivity contribution in [1.29, 1.82) is 0 Å². The van der Waals surface area contributed by atoms with Gasteiger partial charge in [0, 0.05) is 32.6 Å². The Morgan fingerprint density at radius 2 is 1.53 bits per heavy atom. The van der Waals surface area contributed by atoms with Crippen molar-refractivity contribution >= 4 is 17.5 Å². The number of amides is 2. The molecule has 1 saturated heterocycles. The van der Waals surface area contributed by atoms with Crippen molar-refractivity contribution in [3.05, 3.63) is 65.7 Å². The summed E-state index contributed by atoms with van der Waals surface area (Å²) < 4.78 is 39.1. The summed E-state index contributed by atoms with van der Waals surface area (Å²) >= 11 is 0. The lowest BCUT2D eigenvalue weighted by molar-refractivity contribution is -0.137. The van der Waals surface area contributed by atoms with Crippen molar-refractivity contribution in [2.75, 3.05) is 38.0 Å². The van der Waals surface area contributed by atoms with Gasteiger partial charge in [0.25, 0.3) is 0 Å². The summed E-state index contributed by atoms with van der Waals surface area (Å²) in [5, 5.41) is 2.36. The third kappa shape index (κ3) is 6.06. The minimum atomic E-state index is -4.53. The topological polar surface area (TPSA) is 52.7 Å². The van der Waals surface area contributed by atoms with E-state index in [0.29, 0.717) is 39.0 Å². The molecule has 3 rings (SSSR count). The fourth-order valence-electron chi connectivity index (χ4n) is 3.44. The number of piperazine rings is 1. The molecule has 0 saturated carbocycles. The molecule has 1 fully saturated rings. The Hall–Kier alpha value is -2.87. The number of carbonyl (C=O) groups excluding carboxylic acids is 2. The molecule has 1 N–H and O–H groups in total. The molecular weight excluding hydrogens is 395 g/mol. The molecule has 160 valence electrons. The monoisotopic (exact) mass is 419 g/mol. The van der Waals surface area contributed by atoms with Crippen LogP contribution in [0.4, 0.5) is 18.9 Å². The molecule has 2 amide bonds. The first-order valence-electron chi connectivity index (χ1n) is 9.83. The molecular formula is C22H24F3N3O2. The zero-order chi connectivity index (χ0) is 21.6. The SMILES string of the molecule is O=C(CN1CCN(C(=O)CCc2ccccc2)CC1)Nc1ccccc1C(F)(F)F. The Morgan fingerprint density at radius 3 is 2.20 bits per heavy atom. The Balaban J connectivity index is 1.44. The van der Waals surface area contributed by atoms with Gasteiger partial charge in [-0.3, -0.25) is 14.5 Å². The number of para-hydroxylation sites is 1. The van der Waals surface area contributed by atoms with Crippen molar-refractivity contribution < 1.29 is 22.8 Å². The van der Waals surface area contributed by atoms with Crippen molar-refractivity contribution in [1.82, 2.24) is 9.80 Å². The molecule has 30 heavy (non-hydrogen) atoms. The van der Waals surface area contributed by atoms with Gasteiger partial charge in [-0.05, 0) is 24.1 Å². The van der Waals surface area contributed by atoms with Gasteiger partial charge in [-0.25, -0.2) is 0 Å². The van der Waals surface area contributed by atoms with Crippen LogP contribution in [0.25, 0.3) is 0 Å². The maximum atomic E-state index is 13.0. The number of hydrogen-bond acceptors (Lipinski definition) is 3. The van der Waals surface area contributed by atoms with Crippen LogP contribution in [-0.4, -0.2) is 54.3 Å². The molecule has 1 aliphatic heterocycles. The Morgan fingerprint density at radius 1 is 0.900 bits per heavy atom. The highest BCUT2D eigenvalue weighted by atomic mass is 19.4. The second-order valence-corrected chi connectivity index (χ2v) is 7.23. The van der Waals surface area contributed by atoms with Gasteiger partial charge >= 0.3 is 6.18 Å². The lowest BCUT2D eigenvalue weighted by Gasteiger charge is -2.34. The van der Waals surface area contributed by atoms with Crippen LogP contribution in [0.15, 0.2) is 54.6 Å². The maximum absolute atomic E-state index is 13.0. The Bertz CT molecular complexity index is 863. The second kappa shape index (κ2) is 9.75. The number of aryl methyl sites for hydroxylation is 1. The second-order valence-electron chi connectivity index (χ2n) is 7.23. The minimum Gasteiger partial charge on any atom is -0.340 e. The quantitative estimate of drug-likeness (QED) is 0.781. The van der Waals surface area contributed by atoms with E-state index in [4.69, 9.17) is 0 Å². The number of hydrogen-bond donors (Lipinski definition) is 1. The van der Waals surface area contributed by atoms with E-state index in [0.717, 1.165) is 11.6 Å². The molecule has 5 nitrogen and oxygen atoms in total. The summed E-state index contributed by atoms with van der Waals surface area (Å²) in [6.07, 6.45) is -3.42. The van der Waals surface area contributed by atoms with Gasteiger partial charge in [0.15, 0.2) is 0 Å². The van der Waals surface area contributed by atoms with Crippen LogP contribution in [0.5, 0.6) is 0 Å². The zero-order valence-corrected chi connectivity index (χ0v) is 16.5. The Labute approximate surface area is 173 Å². The van der Waals surface area contributed by atoms with E-state index in [-0.39, 0.29) is 18.1 Å². The Kier molecular flexibility index (Phi) is 7.10. The molecule has 1 heterocycles. The average molecular weight is 419 g/mol. The standard InChI is InChI=1S/C22H24F3N3O2/c23-22(24,25)18-8-4-5-9-19(18)26-20(29)16-27-12-14-28(15-13-27)21(30)11-10-17-6-2-1-3-7-17/h1-9H,10-16H2,(H,26,29). The van der Waals surface area contributed by atoms with Gasteiger partial charge in [0.1, 0.15) is 0 Å². The van der Waals surface area contributed by atoms with Crippen molar-refractivity contribution in [3.63, 3.8) is 0 Å². The molecule has 0 atom stereocenters. The highest BCUT2D eigenvalue weighted by Gasteiger charge is 2.33. The highest BCUT2D eigenvalue weighted by molar-refractivity contribution is 5.93. The number of alkyl halides is 3. The van der Waals surface area contributed by atoms with Crippen LogP contribution in [0.3, 0.4) is 0 Å². The van der Waals surface area contributed by atoms with E-state index >= 15 is 0 Å². The van der Waals surface area contributed by atoms with E-state index in [1.54, 1.807) is 4.90 Å². The summed E-state index contributed by atoms with van der Waals surface area (Å²) in [6, 6.07) is 14.7. The molecule has 0 bridgehead atoms. The number of halogens is 3. The molecule has 2 aromatic rings. The highest BCUT2D eigenvalue weighted by Crippen LogP contribution is 2.34. The predicted octanol–water partition coefficient (Wildman–Crippen LogP) is 3.42. The van der Waals surface area contributed by atoms with Gasteiger partial charge in [0.2, 0.25) is 11.8 Å². The van der Waals surface area contributed by atoms with Crippen LogP contribution >= 0.6 is 0 Å². The molecule has 2 aromatic carbocycles. The van der Waals surface area contributed by atoms with E-state index in [9.17, 15) is 22.8 Å². The van der Waals surface area contributed by atoms with Gasteiger partial charge in [-0.2, -0.15) is 13.2 Å². The summed E-state index contributed by atoms with van der Waals surface area (Å²) in [5.74, 6) is -0.433. The smallest absolute Gasteiger partial charge is 0.340 e. The molecule has 0 spiro atoms. The van der Waals surface area contributed by atoms with Crippen molar-refractivity contribution in [3.8, 4) is 0 Å². The average Bonchev–Trinajstić information content (AvgIpc) is 2.73. The number of carbonyl (C=O) groups is 2. The lowest BCUT2D eigenvalue weighted by atomic mass is 10.1. The van der Waals surface area contributed by atoms with Crippen LogP contribution in [0.1, 0.15) is 17.5 Å². The summed E-state index contributed by atoms with van der Waals surface area (Å²) in [4.78, 5) is 28.2. The normalized spacial score (nSPS) is 15.1. The van der Waals surface area contributed by atoms with E-state index in [1.807, 2.05) is 35.2 Å². The van der Waals surface area contributed by atoms with E-state index in [1.165, 1.54) is 18.2 Å². The van der Waals surface area contributed by atoms with Crippen LogP contribution in [0, 0.1) is 0 Å². The van der Waals surface area contributed by atoms with E-state index < -0.39 is 17.6 Å². The molecule has 0 aromatic heterocycles. The van der Waals surface area contributed by atoms with E-state index in [2.05, 4.69) is 5.32 Å². The third-order valence-electron chi connectivity index (χ3n) is 5.07. The first-order valence-corrected chi connectivity index (χ1v) is 9.83. The first-order chi connectivity index (χ1) is 14.3. The fraction of sp³-hybridized carbons (Fsp3) is 0.364. The van der Waals surface area contributed by atoms with Gasteiger partial charge in [0.05, 0.1) is 17.8 Å². The minimum absolute atomic E-state index is 0.0156. The molecule has 1 aliphatic rings. The third-order valence-corrected chi connectivity index (χ3v) is 5.07. The van der Waals surface area contributed by atoms with Crippen LogP contribution in [0.2, 0.25) is 0 Å². The number of anilines is 1. The number of nitrogens with one attached hydrogen (secondary N) is 1. The van der Waals surface area contributed by atoms with Gasteiger partial charge < -0.3 is 10.2 Å². The molecule has 8 heteroatoms. The fourth-order valence-corrected chi connectivity index (χ4v) is 3.44. The summed E-state index contributed by atoms with van der Waals surface area (Å²) in [6.45, 7) is 2.00. The number of rotatable bonds is 6. The number of benzene rings is 2. The largest absolute Gasteiger partial charge is 0.418 e. The summed E-state index contributed by atoms with van der Waals surface area (Å²) in [5.41, 5.74) is -0.00259. The van der Waals surface area contributed by atoms with Gasteiger partial charge in [-0.15, -0.1) is 0 Å². The lowest BCUT2D eigenvalue weighted by Crippen LogP contribution is -2.50. The zero-order valence-electron chi connectivity index (χ0n) is 16.5. The van der Waals surface area contributed by atoms with Crippen molar-refractivity contribution in [2.24, 2.45) is 0 Å². The van der Waals surface area contributed by atoms with Crippen LogP contribution < -0.4 is 5.32 Å². The molecule has 0 unspecified atom stereocenters.